The van der Waals surface area contributed by atoms with Crippen LogP contribution in [0.3, 0.4) is 0 Å². The molecule has 0 spiro atoms. The molecule has 0 aliphatic heterocycles. The van der Waals surface area contributed by atoms with Crippen molar-refractivity contribution in [3.63, 3.8) is 0 Å². The molecule has 104 valence electrons. The quantitative estimate of drug-likeness (QED) is 0.804. The van der Waals surface area contributed by atoms with Gasteiger partial charge in [-0.25, -0.2) is 0 Å². The van der Waals surface area contributed by atoms with Crippen molar-refractivity contribution in [3.8, 4) is 0 Å². The molecule has 0 bridgehead atoms. The van der Waals surface area contributed by atoms with Crippen molar-refractivity contribution in [1.82, 2.24) is 4.90 Å². The Bertz CT molecular complexity index is 434. The van der Waals surface area contributed by atoms with Gasteiger partial charge < -0.3 is 10.4 Å². The van der Waals surface area contributed by atoms with E-state index in [1.54, 1.807) is 29.2 Å². The van der Waals surface area contributed by atoms with Gasteiger partial charge in [-0.1, -0.05) is 18.5 Å². The molecule has 5 nitrogen and oxygen atoms in total. The molecule has 0 atom stereocenters. The van der Waals surface area contributed by atoms with Crippen molar-refractivity contribution in [2.45, 2.75) is 13.3 Å². The fraction of sp³-hybridized carbons (Fsp3) is 0.385. The number of hydrogen-bond acceptors (Lipinski definition) is 3. The van der Waals surface area contributed by atoms with Gasteiger partial charge in [-0.05, 0) is 30.8 Å². The summed E-state index contributed by atoms with van der Waals surface area (Å²) in [4.78, 5) is 24.0. The van der Waals surface area contributed by atoms with Gasteiger partial charge in [0.1, 0.15) is 0 Å². The summed E-state index contributed by atoms with van der Waals surface area (Å²) in [6.07, 6.45) is 0.0298. The molecule has 19 heavy (non-hydrogen) atoms. The maximum atomic E-state index is 11.8. The minimum absolute atomic E-state index is 0.0298. The van der Waals surface area contributed by atoms with E-state index < -0.39 is 5.97 Å². The molecule has 0 unspecified atom stereocenters. The van der Waals surface area contributed by atoms with E-state index in [-0.39, 0.29) is 18.9 Å². The number of carbonyl (C=O) groups excluding carboxylic acids is 1. The molecule has 0 radical (unpaired) electrons. The monoisotopic (exact) mass is 284 g/mol. The van der Waals surface area contributed by atoms with Crippen LogP contribution in [0.5, 0.6) is 0 Å². The number of likely N-dealkylation sites (N-methyl/N-ethyl adjacent to an activating group) is 1. The number of carbonyl (C=O) groups is 2. The lowest BCUT2D eigenvalue weighted by Gasteiger charge is -2.18. The highest BCUT2D eigenvalue weighted by Crippen LogP contribution is 2.13. The zero-order valence-corrected chi connectivity index (χ0v) is 11.5. The number of carboxylic acids is 1. The van der Waals surface area contributed by atoms with Gasteiger partial charge in [0, 0.05) is 17.3 Å². The van der Waals surface area contributed by atoms with E-state index in [0.717, 1.165) is 0 Å². The normalized spacial score (nSPS) is 10.5. The van der Waals surface area contributed by atoms with Crippen molar-refractivity contribution >= 4 is 29.2 Å². The Morgan fingerprint density at radius 1 is 1.32 bits per heavy atom. The third-order valence-corrected chi connectivity index (χ3v) is 2.84. The summed E-state index contributed by atoms with van der Waals surface area (Å²) in [6, 6.07) is 6.82. The Hall–Kier alpha value is -1.59. The highest BCUT2D eigenvalue weighted by atomic mass is 35.5. The first-order chi connectivity index (χ1) is 9.01. The molecule has 1 amide bonds. The lowest BCUT2D eigenvalue weighted by Crippen LogP contribution is -2.34. The highest BCUT2D eigenvalue weighted by Gasteiger charge is 2.10. The molecule has 0 aromatic heterocycles. The van der Waals surface area contributed by atoms with E-state index in [4.69, 9.17) is 16.7 Å². The molecule has 6 heteroatoms. The Balaban J connectivity index is 2.44. The predicted octanol–water partition coefficient (Wildman–Crippen LogP) is 2.08. The van der Waals surface area contributed by atoms with Crippen LogP contribution < -0.4 is 5.32 Å². The van der Waals surface area contributed by atoms with Gasteiger partial charge in [-0.15, -0.1) is 0 Å². The van der Waals surface area contributed by atoms with Crippen LogP contribution in [0.15, 0.2) is 24.3 Å². The number of nitrogens with one attached hydrogen (secondary N) is 1. The van der Waals surface area contributed by atoms with E-state index >= 15 is 0 Å². The van der Waals surface area contributed by atoms with E-state index in [9.17, 15) is 9.59 Å². The van der Waals surface area contributed by atoms with Gasteiger partial charge in [0.2, 0.25) is 5.91 Å². The summed E-state index contributed by atoms with van der Waals surface area (Å²) in [6.45, 7) is 3.05. The SMILES string of the molecule is CCN(CCC(=O)O)CC(=O)Nc1ccc(Cl)cc1. The maximum absolute atomic E-state index is 11.8. The Kier molecular flexibility index (Phi) is 6.32. The molecule has 0 aliphatic carbocycles. The second-order valence-electron chi connectivity index (χ2n) is 4.07. The van der Waals surface area contributed by atoms with Gasteiger partial charge in [-0.3, -0.25) is 14.5 Å². The lowest BCUT2D eigenvalue weighted by molar-refractivity contribution is -0.137. The van der Waals surface area contributed by atoms with E-state index in [0.29, 0.717) is 23.8 Å². The molecular weight excluding hydrogens is 268 g/mol. The molecule has 0 aliphatic rings. The van der Waals surface area contributed by atoms with Crippen molar-refractivity contribution in [2.75, 3.05) is 25.0 Å². The second-order valence-corrected chi connectivity index (χ2v) is 4.50. The van der Waals surface area contributed by atoms with Gasteiger partial charge in [0.15, 0.2) is 0 Å². The molecule has 0 heterocycles. The van der Waals surface area contributed by atoms with Crippen LogP contribution in [0.1, 0.15) is 13.3 Å². The van der Waals surface area contributed by atoms with Crippen molar-refractivity contribution in [1.29, 1.82) is 0 Å². The smallest absolute Gasteiger partial charge is 0.304 e. The third kappa shape index (κ3) is 6.22. The Morgan fingerprint density at radius 3 is 2.47 bits per heavy atom. The standard InChI is InChI=1S/C13H17ClN2O3/c1-2-16(8-7-13(18)19)9-12(17)15-11-5-3-10(14)4-6-11/h3-6H,2,7-9H2,1H3,(H,15,17)(H,18,19). The average Bonchev–Trinajstić information content (AvgIpc) is 2.37. The van der Waals surface area contributed by atoms with Gasteiger partial charge >= 0.3 is 5.97 Å². The van der Waals surface area contributed by atoms with Crippen LogP contribution >= 0.6 is 11.6 Å². The van der Waals surface area contributed by atoms with E-state index in [1.165, 1.54) is 0 Å². The summed E-state index contributed by atoms with van der Waals surface area (Å²) in [5.74, 6) is -1.04. The molecule has 0 fully saturated rings. The van der Waals surface area contributed by atoms with Gasteiger partial charge in [0.25, 0.3) is 0 Å². The molecule has 0 saturated heterocycles. The summed E-state index contributed by atoms with van der Waals surface area (Å²) in [5, 5.41) is 12.0. The first-order valence-electron chi connectivity index (χ1n) is 6.01. The zero-order valence-electron chi connectivity index (χ0n) is 10.7. The summed E-state index contributed by atoms with van der Waals surface area (Å²) in [7, 11) is 0. The van der Waals surface area contributed by atoms with Crippen LogP contribution in [0.2, 0.25) is 5.02 Å². The molecule has 1 aromatic rings. The number of amides is 1. The number of rotatable bonds is 7. The Labute approximate surface area is 117 Å². The second kappa shape index (κ2) is 7.76. The number of nitrogens with zero attached hydrogens (tertiary/aromatic N) is 1. The number of anilines is 1. The summed E-state index contributed by atoms with van der Waals surface area (Å²) < 4.78 is 0. The number of carboxylic acid groups (broad SMARTS) is 1. The summed E-state index contributed by atoms with van der Waals surface area (Å²) >= 11 is 5.75. The molecule has 1 aromatic carbocycles. The fourth-order valence-electron chi connectivity index (χ4n) is 1.54. The molecule has 0 saturated carbocycles. The van der Waals surface area contributed by atoms with Crippen molar-refractivity contribution in [2.24, 2.45) is 0 Å². The van der Waals surface area contributed by atoms with Gasteiger partial charge in [0.05, 0.1) is 13.0 Å². The summed E-state index contributed by atoms with van der Waals surface area (Å²) in [5.41, 5.74) is 0.670. The molecular formula is C13H17ClN2O3. The number of halogens is 1. The maximum Gasteiger partial charge on any atom is 0.304 e. The van der Waals surface area contributed by atoms with Crippen LogP contribution in [0.4, 0.5) is 5.69 Å². The minimum Gasteiger partial charge on any atom is -0.481 e. The average molecular weight is 285 g/mol. The number of aliphatic carboxylic acids is 1. The fourth-order valence-corrected chi connectivity index (χ4v) is 1.67. The highest BCUT2D eigenvalue weighted by molar-refractivity contribution is 6.30. The topological polar surface area (TPSA) is 69.6 Å². The first-order valence-corrected chi connectivity index (χ1v) is 6.38. The Morgan fingerprint density at radius 2 is 1.95 bits per heavy atom. The van der Waals surface area contributed by atoms with Crippen molar-refractivity contribution < 1.29 is 14.7 Å². The molecule has 2 N–H and O–H groups in total. The minimum atomic E-state index is -0.864. The first kappa shape index (κ1) is 15.5. The van der Waals surface area contributed by atoms with E-state index in [2.05, 4.69) is 5.32 Å². The van der Waals surface area contributed by atoms with Crippen LogP contribution in [0.25, 0.3) is 0 Å². The number of benzene rings is 1. The van der Waals surface area contributed by atoms with Crippen molar-refractivity contribution in [3.05, 3.63) is 29.3 Å². The van der Waals surface area contributed by atoms with Crippen LogP contribution in [-0.4, -0.2) is 41.5 Å². The predicted molar refractivity (Wildman–Crippen MR) is 74.4 cm³/mol. The zero-order chi connectivity index (χ0) is 14.3. The lowest BCUT2D eigenvalue weighted by atomic mass is 10.3. The van der Waals surface area contributed by atoms with E-state index in [1.807, 2.05) is 6.92 Å². The third-order valence-electron chi connectivity index (χ3n) is 2.58. The van der Waals surface area contributed by atoms with Crippen LogP contribution in [-0.2, 0) is 9.59 Å². The largest absolute Gasteiger partial charge is 0.481 e. The van der Waals surface area contributed by atoms with Gasteiger partial charge in [-0.2, -0.15) is 0 Å². The molecule has 1 rings (SSSR count). The number of hydrogen-bond donors (Lipinski definition) is 2. The van der Waals surface area contributed by atoms with Crippen LogP contribution in [0, 0.1) is 0 Å².